The van der Waals surface area contributed by atoms with Gasteiger partial charge in [-0.15, -0.1) is 0 Å². The molecule has 1 heterocycles. The summed E-state index contributed by atoms with van der Waals surface area (Å²) in [5.74, 6) is -0.935. The molecule has 0 saturated carbocycles. The average Bonchev–Trinajstić information content (AvgIpc) is 3.00. The second-order valence-electron chi connectivity index (χ2n) is 6.00. The zero-order valence-corrected chi connectivity index (χ0v) is 14.0. The maximum atomic E-state index is 11.7. The fraction of sp³-hybridized carbons (Fsp3) is 0.316. The lowest BCUT2D eigenvalue weighted by molar-refractivity contribution is 0.0695. The van der Waals surface area contributed by atoms with Crippen molar-refractivity contribution < 1.29 is 19.7 Å². The summed E-state index contributed by atoms with van der Waals surface area (Å²) in [5.41, 5.74) is 5.24. The third-order valence-corrected chi connectivity index (χ3v) is 4.65. The molecule has 1 aromatic heterocycles. The number of carboxylic acid groups (broad SMARTS) is 1. The van der Waals surface area contributed by atoms with Crippen LogP contribution in [0.25, 0.3) is 5.57 Å². The first-order valence-electron chi connectivity index (χ1n) is 7.88. The summed E-state index contributed by atoms with van der Waals surface area (Å²) in [4.78, 5) is 11.7. The van der Waals surface area contributed by atoms with Crippen molar-refractivity contribution in [2.75, 3.05) is 13.7 Å². The summed E-state index contributed by atoms with van der Waals surface area (Å²) in [5, 5.41) is 19.9. The van der Waals surface area contributed by atoms with Crippen LogP contribution in [0.2, 0.25) is 0 Å². The number of benzene rings is 1. The van der Waals surface area contributed by atoms with Crippen LogP contribution in [-0.4, -0.2) is 34.5 Å². The Bertz CT molecular complexity index is 832. The number of carboxylic acids is 1. The number of fused-ring (bicyclic) bond motifs is 1. The van der Waals surface area contributed by atoms with E-state index in [1.54, 1.807) is 13.2 Å². The average molecular weight is 327 g/mol. The molecule has 2 aromatic rings. The highest BCUT2D eigenvalue weighted by Crippen LogP contribution is 2.41. The molecule has 5 heteroatoms. The number of carbonyl (C=O) groups is 1. The third-order valence-electron chi connectivity index (χ3n) is 4.65. The van der Waals surface area contributed by atoms with Crippen LogP contribution in [0.5, 0.6) is 0 Å². The van der Waals surface area contributed by atoms with Crippen LogP contribution in [0.15, 0.2) is 30.3 Å². The van der Waals surface area contributed by atoms with Crippen molar-refractivity contribution in [3.8, 4) is 0 Å². The number of nitrogens with zero attached hydrogens (tertiary/aromatic N) is 1. The third kappa shape index (κ3) is 2.46. The number of aromatic carboxylic acids is 1. The molecule has 0 saturated heterocycles. The number of hydrogen-bond acceptors (Lipinski definition) is 3. The Balaban J connectivity index is 2.23. The lowest BCUT2D eigenvalue weighted by Crippen LogP contribution is -2.10. The van der Waals surface area contributed by atoms with Crippen molar-refractivity contribution >= 4 is 11.5 Å². The van der Waals surface area contributed by atoms with Crippen LogP contribution >= 0.6 is 0 Å². The van der Waals surface area contributed by atoms with E-state index in [-0.39, 0.29) is 0 Å². The smallest absolute Gasteiger partial charge is 0.337 e. The van der Waals surface area contributed by atoms with Crippen LogP contribution in [-0.2, 0) is 11.3 Å². The molecule has 2 N–H and O–H groups in total. The molecular weight excluding hydrogens is 306 g/mol. The first-order chi connectivity index (χ1) is 11.5. The largest absolute Gasteiger partial charge is 0.478 e. The number of aliphatic hydroxyl groups is 1. The topological polar surface area (TPSA) is 71.7 Å². The van der Waals surface area contributed by atoms with E-state index < -0.39 is 12.1 Å². The van der Waals surface area contributed by atoms with Crippen LogP contribution in [0.4, 0.5) is 0 Å². The standard InChI is InChI=1S/C19H21NO4/c1-11-17(19(22)23)12(2)20(8-9-24-3)18(11)15-10-16(21)14-7-5-4-6-13(14)15/h4-7,10,16,21H,8-9H2,1-3H3,(H,22,23). The normalized spacial score (nSPS) is 16.2. The predicted molar refractivity (Wildman–Crippen MR) is 91.2 cm³/mol. The molecule has 0 spiro atoms. The second kappa shape index (κ2) is 6.26. The van der Waals surface area contributed by atoms with Crippen LogP contribution in [0, 0.1) is 13.8 Å². The van der Waals surface area contributed by atoms with E-state index in [1.807, 2.05) is 42.7 Å². The van der Waals surface area contributed by atoms with Crippen molar-refractivity contribution in [2.24, 2.45) is 0 Å². The van der Waals surface area contributed by atoms with Crippen molar-refractivity contribution in [3.05, 3.63) is 64.0 Å². The maximum absolute atomic E-state index is 11.7. The highest BCUT2D eigenvalue weighted by molar-refractivity contribution is 5.95. The van der Waals surface area contributed by atoms with E-state index in [0.29, 0.717) is 30.0 Å². The Kier molecular flexibility index (Phi) is 4.30. The van der Waals surface area contributed by atoms with Gasteiger partial charge in [-0.05, 0) is 36.6 Å². The van der Waals surface area contributed by atoms with Gasteiger partial charge in [0.2, 0.25) is 0 Å². The SMILES string of the molecule is COCCn1c(C)c(C(=O)O)c(C)c1C1=CC(O)c2ccccc21. The lowest BCUT2D eigenvalue weighted by atomic mass is 9.99. The number of rotatable bonds is 5. The number of ether oxygens (including phenoxy) is 1. The second-order valence-corrected chi connectivity index (χ2v) is 6.00. The number of methoxy groups -OCH3 is 1. The Morgan fingerprint density at radius 2 is 2.00 bits per heavy atom. The van der Waals surface area contributed by atoms with Crippen molar-refractivity contribution in [3.63, 3.8) is 0 Å². The molecule has 1 aromatic carbocycles. The number of aromatic nitrogens is 1. The van der Waals surface area contributed by atoms with Crippen LogP contribution in [0.3, 0.4) is 0 Å². The minimum absolute atomic E-state index is 0.320. The zero-order chi connectivity index (χ0) is 17.4. The molecular formula is C19H21NO4. The highest BCUT2D eigenvalue weighted by Gasteiger charge is 2.29. The summed E-state index contributed by atoms with van der Waals surface area (Å²) in [6, 6.07) is 7.67. The van der Waals surface area contributed by atoms with E-state index in [4.69, 9.17) is 4.74 Å². The van der Waals surface area contributed by atoms with Gasteiger partial charge in [0.05, 0.1) is 24.0 Å². The molecule has 5 nitrogen and oxygen atoms in total. The zero-order valence-electron chi connectivity index (χ0n) is 14.0. The van der Waals surface area contributed by atoms with E-state index >= 15 is 0 Å². The Hall–Kier alpha value is -2.37. The van der Waals surface area contributed by atoms with Gasteiger partial charge >= 0.3 is 5.97 Å². The monoisotopic (exact) mass is 327 g/mol. The highest BCUT2D eigenvalue weighted by atomic mass is 16.5. The molecule has 1 aliphatic carbocycles. The molecule has 1 unspecified atom stereocenters. The molecule has 126 valence electrons. The molecule has 24 heavy (non-hydrogen) atoms. The van der Waals surface area contributed by atoms with Gasteiger partial charge in [-0.2, -0.15) is 0 Å². The number of hydrogen-bond donors (Lipinski definition) is 2. The fourth-order valence-electron chi connectivity index (χ4n) is 3.56. The molecule has 1 aliphatic rings. The first-order valence-corrected chi connectivity index (χ1v) is 7.88. The molecule has 0 aliphatic heterocycles. The van der Waals surface area contributed by atoms with Crippen molar-refractivity contribution in [1.29, 1.82) is 0 Å². The molecule has 0 bridgehead atoms. The van der Waals surface area contributed by atoms with E-state index in [1.165, 1.54) is 0 Å². The Labute approximate surface area is 140 Å². The van der Waals surface area contributed by atoms with Gasteiger partial charge in [0.1, 0.15) is 0 Å². The van der Waals surface area contributed by atoms with Gasteiger partial charge in [0.15, 0.2) is 0 Å². The minimum atomic E-state index is -0.935. The summed E-state index contributed by atoms with van der Waals surface area (Å²) in [6.07, 6.45) is 1.12. The van der Waals surface area contributed by atoms with Crippen molar-refractivity contribution in [1.82, 2.24) is 4.57 Å². The van der Waals surface area contributed by atoms with Crippen LogP contribution in [0.1, 0.15) is 44.5 Å². The lowest BCUT2D eigenvalue weighted by Gasteiger charge is -2.14. The van der Waals surface area contributed by atoms with Gasteiger partial charge in [-0.25, -0.2) is 4.79 Å². The molecule has 1 atom stereocenters. The molecule has 0 radical (unpaired) electrons. The summed E-state index contributed by atoms with van der Waals surface area (Å²) < 4.78 is 7.16. The van der Waals surface area contributed by atoms with Gasteiger partial charge in [0, 0.05) is 24.9 Å². The Morgan fingerprint density at radius 1 is 1.29 bits per heavy atom. The fourth-order valence-corrected chi connectivity index (χ4v) is 3.56. The van der Waals surface area contributed by atoms with E-state index in [9.17, 15) is 15.0 Å². The van der Waals surface area contributed by atoms with E-state index in [2.05, 4.69) is 0 Å². The first kappa shape index (κ1) is 16.5. The Morgan fingerprint density at radius 3 is 2.67 bits per heavy atom. The quantitative estimate of drug-likeness (QED) is 0.886. The van der Waals surface area contributed by atoms with Gasteiger partial charge < -0.3 is 19.5 Å². The summed E-state index contributed by atoms with van der Waals surface area (Å²) in [6.45, 7) is 4.68. The van der Waals surface area contributed by atoms with E-state index in [0.717, 1.165) is 22.4 Å². The minimum Gasteiger partial charge on any atom is -0.478 e. The van der Waals surface area contributed by atoms with Crippen LogP contribution < -0.4 is 0 Å². The summed E-state index contributed by atoms with van der Waals surface area (Å²) in [7, 11) is 1.62. The molecule has 0 amide bonds. The van der Waals surface area contributed by atoms with Crippen molar-refractivity contribution in [2.45, 2.75) is 26.5 Å². The maximum Gasteiger partial charge on any atom is 0.337 e. The molecule has 3 rings (SSSR count). The number of aliphatic hydroxyl groups excluding tert-OH is 1. The summed E-state index contributed by atoms with van der Waals surface area (Å²) >= 11 is 0. The molecule has 0 fully saturated rings. The van der Waals surface area contributed by atoms with Gasteiger partial charge in [0.25, 0.3) is 0 Å². The predicted octanol–water partition coefficient (Wildman–Crippen LogP) is 2.93. The van der Waals surface area contributed by atoms with Gasteiger partial charge in [-0.1, -0.05) is 24.3 Å². The van der Waals surface area contributed by atoms with Gasteiger partial charge in [-0.3, -0.25) is 0 Å².